The number of rotatable bonds is 10. The standard InChI is InChI=1S/C17H30ClNO3/c1-2-3-4-5-6-7-14-22-17(21)15-9-12-19(13-10-15)16(20)8-11-18/h15H,2-14H2,1H3. The molecule has 4 nitrogen and oxygen atoms in total. The first-order valence-corrected chi connectivity index (χ1v) is 9.22. The summed E-state index contributed by atoms with van der Waals surface area (Å²) in [6, 6.07) is 0. The Morgan fingerprint density at radius 3 is 2.36 bits per heavy atom. The van der Waals surface area contributed by atoms with Crippen LogP contribution in [0.5, 0.6) is 0 Å². The van der Waals surface area contributed by atoms with Crippen LogP contribution < -0.4 is 0 Å². The van der Waals surface area contributed by atoms with Gasteiger partial charge < -0.3 is 9.64 Å². The lowest BCUT2D eigenvalue weighted by atomic mass is 9.97. The van der Waals surface area contributed by atoms with E-state index in [0.29, 0.717) is 44.8 Å². The summed E-state index contributed by atoms with van der Waals surface area (Å²) in [6.07, 6.45) is 8.95. The fourth-order valence-electron chi connectivity index (χ4n) is 2.78. The molecule has 1 rings (SSSR count). The van der Waals surface area contributed by atoms with Crippen molar-refractivity contribution in [2.24, 2.45) is 5.92 Å². The molecule has 0 N–H and O–H groups in total. The van der Waals surface area contributed by atoms with E-state index in [9.17, 15) is 9.59 Å². The Labute approximate surface area is 139 Å². The summed E-state index contributed by atoms with van der Waals surface area (Å²) in [5.74, 6) is 0.325. The first kappa shape index (κ1) is 19.3. The molecule has 1 fully saturated rings. The second-order valence-electron chi connectivity index (χ2n) is 6.03. The van der Waals surface area contributed by atoms with Crippen molar-refractivity contribution in [3.63, 3.8) is 0 Å². The van der Waals surface area contributed by atoms with Crippen molar-refractivity contribution in [3.8, 4) is 0 Å². The third-order valence-electron chi connectivity index (χ3n) is 4.23. The summed E-state index contributed by atoms with van der Waals surface area (Å²) >= 11 is 5.58. The monoisotopic (exact) mass is 331 g/mol. The first-order chi connectivity index (χ1) is 10.7. The summed E-state index contributed by atoms with van der Waals surface area (Å²) in [5, 5.41) is 0. The van der Waals surface area contributed by atoms with Crippen LogP contribution in [0.2, 0.25) is 0 Å². The van der Waals surface area contributed by atoms with E-state index in [-0.39, 0.29) is 17.8 Å². The smallest absolute Gasteiger partial charge is 0.309 e. The number of likely N-dealkylation sites (tertiary alicyclic amines) is 1. The fraction of sp³-hybridized carbons (Fsp3) is 0.882. The van der Waals surface area contributed by atoms with E-state index >= 15 is 0 Å². The van der Waals surface area contributed by atoms with Gasteiger partial charge >= 0.3 is 5.97 Å². The Kier molecular flexibility index (Phi) is 10.3. The zero-order valence-corrected chi connectivity index (χ0v) is 14.6. The van der Waals surface area contributed by atoms with Gasteiger partial charge in [0.2, 0.25) is 5.91 Å². The summed E-state index contributed by atoms with van der Waals surface area (Å²) in [5.41, 5.74) is 0. The highest BCUT2D eigenvalue weighted by molar-refractivity contribution is 6.18. The van der Waals surface area contributed by atoms with E-state index in [1.807, 2.05) is 0 Å². The third-order valence-corrected chi connectivity index (χ3v) is 4.42. The van der Waals surface area contributed by atoms with Gasteiger partial charge in [-0.05, 0) is 19.3 Å². The molecule has 0 atom stereocenters. The molecule has 0 radical (unpaired) electrons. The molecule has 5 heteroatoms. The Balaban J connectivity index is 2.08. The van der Waals surface area contributed by atoms with Gasteiger partial charge in [0.25, 0.3) is 0 Å². The van der Waals surface area contributed by atoms with Gasteiger partial charge in [0.1, 0.15) is 0 Å². The molecule has 0 saturated carbocycles. The average molecular weight is 332 g/mol. The molecular weight excluding hydrogens is 302 g/mol. The molecule has 0 aromatic heterocycles. The van der Waals surface area contributed by atoms with E-state index in [0.717, 1.165) is 12.8 Å². The lowest BCUT2D eigenvalue weighted by Gasteiger charge is -2.30. The Morgan fingerprint density at radius 2 is 1.73 bits per heavy atom. The minimum absolute atomic E-state index is 0.0415. The quantitative estimate of drug-likeness (QED) is 0.348. The van der Waals surface area contributed by atoms with Gasteiger partial charge in [-0.3, -0.25) is 9.59 Å². The zero-order valence-electron chi connectivity index (χ0n) is 13.8. The average Bonchev–Trinajstić information content (AvgIpc) is 2.54. The molecule has 0 unspecified atom stereocenters. The van der Waals surface area contributed by atoms with Crippen LogP contribution in [0.3, 0.4) is 0 Å². The van der Waals surface area contributed by atoms with Crippen molar-refractivity contribution in [3.05, 3.63) is 0 Å². The Morgan fingerprint density at radius 1 is 1.09 bits per heavy atom. The fourth-order valence-corrected chi connectivity index (χ4v) is 2.94. The second kappa shape index (κ2) is 11.8. The number of carbonyl (C=O) groups is 2. The molecule has 22 heavy (non-hydrogen) atoms. The maximum Gasteiger partial charge on any atom is 0.309 e. The maximum absolute atomic E-state index is 12.0. The molecular formula is C17H30ClNO3. The Bertz CT molecular complexity index is 328. The van der Waals surface area contributed by atoms with Gasteiger partial charge in [-0.1, -0.05) is 39.0 Å². The van der Waals surface area contributed by atoms with Gasteiger partial charge in [-0.15, -0.1) is 11.6 Å². The number of hydrogen-bond acceptors (Lipinski definition) is 3. The molecule has 1 aliphatic rings. The number of unbranched alkanes of at least 4 members (excludes halogenated alkanes) is 5. The number of halogens is 1. The minimum Gasteiger partial charge on any atom is -0.465 e. The first-order valence-electron chi connectivity index (χ1n) is 8.69. The molecule has 1 saturated heterocycles. The van der Waals surface area contributed by atoms with Crippen molar-refractivity contribution in [2.75, 3.05) is 25.6 Å². The highest BCUT2D eigenvalue weighted by Crippen LogP contribution is 2.19. The molecule has 1 heterocycles. The van der Waals surface area contributed by atoms with Gasteiger partial charge in [-0.25, -0.2) is 0 Å². The second-order valence-corrected chi connectivity index (χ2v) is 6.41. The maximum atomic E-state index is 12.0. The number of ether oxygens (including phenoxy) is 1. The summed E-state index contributed by atoms with van der Waals surface area (Å²) < 4.78 is 5.37. The van der Waals surface area contributed by atoms with Crippen LogP contribution in [0.4, 0.5) is 0 Å². The van der Waals surface area contributed by atoms with Crippen molar-refractivity contribution in [1.82, 2.24) is 4.90 Å². The van der Waals surface area contributed by atoms with E-state index in [4.69, 9.17) is 16.3 Å². The highest BCUT2D eigenvalue weighted by atomic mass is 35.5. The number of carbonyl (C=O) groups excluding carboxylic acids is 2. The molecule has 0 aliphatic carbocycles. The van der Waals surface area contributed by atoms with Gasteiger partial charge in [-0.2, -0.15) is 0 Å². The number of esters is 1. The van der Waals surface area contributed by atoms with Crippen LogP contribution in [0.25, 0.3) is 0 Å². The molecule has 1 amide bonds. The van der Waals surface area contributed by atoms with E-state index in [1.54, 1.807) is 4.90 Å². The van der Waals surface area contributed by atoms with Gasteiger partial charge in [0.05, 0.1) is 12.5 Å². The number of hydrogen-bond donors (Lipinski definition) is 0. The van der Waals surface area contributed by atoms with Crippen LogP contribution in [-0.4, -0.2) is 42.4 Å². The molecule has 0 aromatic carbocycles. The normalized spacial score (nSPS) is 15.8. The molecule has 0 bridgehead atoms. The van der Waals surface area contributed by atoms with Gasteiger partial charge in [0, 0.05) is 25.4 Å². The lowest BCUT2D eigenvalue weighted by Crippen LogP contribution is -2.40. The van der Waals surface area contributed by atoms with Crippen molar-refractivity contribution >= 4 is 23.5 Å². The molecule has 128 valence electrons. The topological polar surface area (TPSA) is 46.6 Å². The van der Waals surface area contributed by atoms with E-state index in [2.05, 4.69) is 6.92 Å². The van der Waals surface area contributed by atoms with Crippen LogP contribution >= 0.6 is 11.6 Å². The summed E-state index contributed by atoms with van der Waals surface area (Å²) in [7, 11) is 0. The van der Waals surface area contributed by atoms with Crippen LogP contribution in [0.15, 0.2) is 0 Å². The van der Waals surface area contributed by atoms with Crippen molar-refractivity contribution in [1.29, 1.82) is 0 Å². The summed E-state index contributed by atoms with van der Waals surface area (Å²) in [6.45, 7) is 4.03. The highest BCUT2D eigenvalue weighted by Gasteiger charge is 2.27. The third kappa shape index (κ3) is 7.48. The molecule has 0 spiro atoms. The van der Waals surface area contributed by atoms with Crippen LogP contribution in [0.1, 0.15) is 64.7 Å². The predicted molar refractivity (Wildman–Crippen MR) is 89.0 cm³/mol. The Hall–Kier alpha value is -0.770. The molecule has 1 aliphatic heterocycles. The van der Waals surface area contributed by atoms with Gasteiger partial charge in [0.15, 0.2) is 0 Å². The van der Waals surface area contributed by atoms with Crippen LogP contribution in [0, 0.1) is 5.92 Å². The van der Waals surface area contributed by atoms with E-state index < -0.39 is 0 Å². The number of nitrogens with zero attached hydrogens (tertiary/aromatic N) is 1. The number of amides is 1. The predicted octanol–water partition coefficient (Wildman–Crippen LogP) is 3.76. The largest absolute Gasteiger partial charge is 0.465 e. The number of alkyl halides is 1. The minimum atomic E-state index is -0.0852. The molecule has 0 aromatic rings. The van der Waals surface area contributed by atoms with Crippen molar-refractivity contribution < 1.29 is 14.3 Å². The summed E-state index contributed by atoms with van der Waals surface area (Å²) in [4.78, 5) is 25.5. The zero-order chi connectivity index (χ0) is 16.2. The lowest BCUT2D eigenvalue weighted by molar-refractivity contribution is -0.151. The van der Waals surface area contributed by atoms with Crippen molar-refractivity contribution in [2.45, 2.75) is 64.7 Å². The van der Waals surface area contributed by atoms with Crippen LogP contribution in [-0.2, 0) is 14.3 Å². The number of piperidine rings is 1. The SMILES string of the molecule is CCCCCCCCOC(=O)C1CCN(C(=O)CCCl)CC1. The van der Waals surface area contributed by atoms with E-state index in [1.165, 1.54) is 25.7 Å².